The molecule has 18 heavy (non-hydrogen) atoms. The van der Waals surface area contributed by atoms with Crippen LogP contribution in [-0.2, 0) is 0 Å². The van der Waals surface area contributed by atoms with Crippen molar-refractivity contribution in [1.82, 2.24) is 0 Å². The lowest BCUT2D eigenvalue weighted by Gasteiger charge is -2.46. The fourth-order valence-electron chi connectivity index (χ4n) is 4.65. The fraction of sp³-hybridized carbons (Fsp3) is 0.625. The zero-order valence-electron chi connectivity index (χ0n) is 11.4. The maximum Gasteiger partial charge on any atom is 0.182 e. The summed E-state index contributed by atoms with van der Waals surface area (Å²) in [5.74, 6) is 3.80. The van der Waals surface area contributed by atoms with E-state index >= 15 is 0 Å². The quantitative estimate of drug-likeness (QED) is 0.512. The van der Waals surface area contributed by atoms with E-state index in [0.29, 0.717) is 0 Å². The molecule has 2 bridgehead atoms. The van der Waals surface area contributed by atoms with Gasteiger partial charge in [-0.25, -0.2) is 0 Å². The smallest absolute Gasteiger partial charge is 0.0794 e. The van der Waals surface area contributed by atoms with Gasteiger partial charge in [-0.05, 0) is 46.6 Å². The van der Waals surface area contributed by atoms with Crippen molar-refractivity contribution in [2.75, 3.05) is 0 Å². The normalized spacial score (nSPS) is 35.6. The first kappa shape index (κ1) is 13.0. The van der Waals surface area contributed by atoms with E-state index in [0.717, 1.165) is 30.2 Å². The Labute approximate surface area is 125 Å². The predicted octanol–water partition coefficient (Wildman–Crippen LogP) is 4.59. The summed E-state index contributed by atoms with van der Waals surface area (Å²) in [4.78, 5) is 0. The molecule has 2 fully saturated rings. The average molecular weight is 352 g/mol. The number of rotatable bonds is 1. The first-order chi connectivity index (χ1) is 8.63. The van der Waals surface area contributed by atoms with Crippen LogP contribution in [0.2, 0.25) is 11.6 Å². The number of halogens is 1. The molecule has 0 unspecified atom stereocenters. The summed E-state index contributed by atoms with van der Waals surface area (Å²) in [5, 5.41) is 0. The summed E-state index contributed by atoms with van der Waals surface area (Å²) in [7, 11) is 0. The molecule has 2 heteroatoms. The summed E-state index contributed by atoms with van der Waals surface area (Å²) >= 11 is 2.41. The zero-order valence-corrected chi connectivity index (χ0v) is 13.6. The maximum absolute atomic E-state index is 2.46. The Morgan fingerprint density at radius 3 is 1.78 bits per heavy atom. The standard InChI is InChI=1S/C16H22BI/c1-11-7-14-9-12(2)10-15(8-11)17(14)13-3-5-16(18)6-4-13/h3-6,11-12,14-15H,7-10H2,1-2H3/t11-,12+,14?,15?. The largest absolute Gasteiger partial charge is 0.182 e. The lowest BCUT2D eigenvalue weighted by atomic mass is 9.23. The molecule has 0 atom stereocenters. The lowest BCUT2D eigenvalue weighted by molar-refractivity contribution is 0.307. The van der Waals surface area contributed by atoms with Gasteiger partial charge in [0.05, 0.1) is 0 Å². The number of fused-ring (bicyclic) bond motifs is 2. The van der Waals surface area contributed by atoms with Gasteiger partial charge in [0, 0.05) is 3.57 Å². The van der Waals surface area contributed by atoms with Gasteiger partial charge < -0.3 is 0 Å². The molecule has 0 nitrogen and oxygen atoms in total. The third kappa shape index (κ3) is 2.50. The first-order valence-electron chi connectivity index (χ1n) is 7.39. The van der Waals surface area contributed by atoms with Crippen LogP contribution >= 0.6 is 22.6 Å². The Morgan fingerprint density at radius 1 is 0.889 bits per heavy atom. The third-order valence-electron chi connectivity index (χ3n) is 5.09. The number of hydrogen-bond acceptors (Lipinski definition) is 0. The molecule has 0 aromatic heterocycles. The highest BCUT2D eigenvalue weighted by Crippen LogP contribution is 2.50. The molecule has 2 aliphatic rings. The van der Waals surface area contributed by atoms with Gasteiger partial charge in [-0.15, -0.1) is 0 Å². The minimum atomic E-state index is 0.856. The first-order valence-corrected chi connectivity index (χ1v) is 8.47. The number of hydrogen-bond donors (Lipinski definition) is 0. The van der Waals surface area contributed by atoms with Gasteiger partial charge in [0.15, 0.2) is 6.71 Å². The molecule has 96 valence electrons. The summed E-state index contributed by atoms with van der Waals surface area (Å²) in [5.41, 5.74) is 1.62. The maximum atomic E-state index is 2.46. The molecule has 0 N–H and O–H groups in total. The summed E-state index contributed by atoms with van der Waals surface area (Å²) in [6.07, 6.45) is 5.82. The SMILES string of the molecule is C[C@H]1CC2C[C@@H](C)CC(C1)B2c1ccc(I)cc1. The second-order valence-corrected chi connectivity index (χ2v) is 8.00. The van der Waals surface area contributed by atoms with Crippen LogP contribution in [0.3, 0.4) is 0 Å². The van der Waals surface area contributed by atoms with E-state index in [1.54, 1.807) is 5.46 Å². The molecule has 0 saturated carbocycles. The van der Waals surface area contributed by atoms with Gasteiger partial charge in [0.1, 0.15) is 0 Å². The minimum absolute atomic E-state index is 0.856. The highest BCUT2D eigenvalue weighted by molar-refractivity contribution is 14.1. The van der Waals surface area contributed by atoms with E-state index in [1.165, 1.54) is 29.3 Å². The van der Waals surface area contributed by atoms with Crippen molar-refractivity contribution in [1.29, 1.82) is 0 Å². The molecule has 3 rings (SSSR count). The molecule has 0 radical (unpaired) electrons. The van der Waals surface area contributed by atoms with E-state index in [2.05, 4.69) is 60.7 Å². The molecular weight excluding hydrogens is 330 g/mol. The molecule has 0 aliphatic carbocycles. The van der Waals surface area contributed by atoms with Gasteiger partial charge in [0.2, 0.25) is 0 Å². The van der Waals surface area contributed by atoms with Crippen LogP contribution in [0.4, 0.5) is 0 Å². The van der Waals surface area contributed by atoms with Crippen LogP contribution in [-0.4, -0.2) is 6.71 Å². The Hall–Kier alpha value is 0.0149. The van der Waals surface area contributed by atoms with Crippen molar-refractivity contribution in [2.45, 2.75) is 51.2 Å². The Bertz CT molecular complexity index is 384. The zero-order chi connectivity index (χ0) is 12.7. The van der Waals surface area contributed by atoms with Crippen LogP contribution in [0.5, 0.6) is 0 Å². The lowest BCUT2D eigenvalue weighted by Crippen LogP contribution is -2.47. The van der Waals surface area contributed by atoms with Crippen molar-refractivity contribution < 1.29 is 0 Å². The van der Waals surface area contributed by atoms with E-state index in [9.17, 15) is 0 Å². The fourth-order valence-corrected chi connectivity index (χ4v) is 5.01. The summed E-state index contributed by atoms with van der Waals surface area (Å²) in [6.45, 7) is 5.77. The van der Waals surface area contributed by atoms with Crippen molar-refractivity contribution in [2.24, 2.45) is 11.8 Å². The van der Waals surface area contributed by atoms with E-state index in [-0.39, 0.29) is 0 Å². The van der Waals surface area contributed by atoms with E-state index in [4.69, 9.17) is 0 Å². The Balaban J connectivity index is 1.89. The monoisotopic (exact) mass is 352 g/mol. The highest BCUT2D eigenvalue weighted by Gasteiger charge is 2.44. The Morgan fingerprint density at radius 2 is 1.33 bits per heavy atom. The number of benzene rings is 1. The molecule has 2 aliphatic heterocycles. The summed E-state index contributed by atoms with van der Waals surface area (Å²) in [6, 6.07) is 9.34. The minimum Gasteiger partial charge on any atom is -0.0794 e. The van der Waals surface area contributed by atoms with Crippen LogP contribution in [0.15, 0.2) is 24.3 Å². The van der Waals surface area contributed by atoms with E-state index < -0.39 is 0 Å². The van der Waals surface area contributed by atoms with Crippen LogP contribution < -0.4 is 5.46 Å². The van der Waals surface area contributed by atoms with Gasteiger partial charge in [0.25, 0.3) is 0 Å². The molecule has 2 saturated heterocycles. The molecule has 0 spiro atoms. The van der Waals surface area contributed by atoms with Crippen LogP contribution in [0.1, 0.15) is 39.5 Å². The van der Waals surface area contributed by atoms with Crippen LogP contribution in [0.25, 0.3) is 0 Å². The second-order valence-electron chi connectivity index (χ2n) is 6.75. The van der Waals surface area contributed by atoms with Crippen LogP contribution in [0, 0.1) is 15.4 Å². The van der Waals surface area contributed by atoms with E-state index in [1.807, 2.05) is 0 Å². The van der Waals surface area contributed by atoms with Gasteiger partial charge in [-0.2, -0.15) is 0 Å². The summed E-state index contributed by atoms with van der Waals surface area (Å²) < 4.78 is 1.36. The molecule has 1 aromatic rings. The molecular formula is C16H22BI. The second kappa shape index (κ2) is 5.18. The topological polar surface area (TPSA) is 0 Å². The predicted molar refractivity (Wildman–Crippen MR) is 88.8 cm³/mol. The van der Waals surface area contributed by atoms with Gasteiger partial charge in [-0.3, -0.25) is 0 Å². The van der Waals surface area contributed by atoms with Crippen molar-refractivity contribution in [3.8, 4) is 0 Å². The van der Waals surface area contributed by atoms with Gasteiger partial charge in [-0.1, -0.05) is 68.8 Å². The van der Waals surface area contributed by atoms with Crippen molar-refractivity contribution in [3.63, 3.8) is 0 Å². The third-order valence-corrected chi connectivity index (χ3v) is 5.81. The van der Waals surface area contributed by atoms with Crippen molar-refractivity contribution in [3.05, 3.63) is 27.8 Å². The van der Waals surface area contributed by atoms with Crippen molar-refractivity contribution >= 4 is 34.8 Å². The molecule has 0 amide bonds. The highest BCUT2D eigenvalue weighted by atomic mass is 127. The molecule has 1 aromatic carbocycles. The average Bonchev–Trinajstić information content (AvgIpc) is 2.29. The Kier molecular flexibility index (Phi) is 3.75. The molecule has 2 heterocycles. The van der Waals surface area contributed by atoms with Gasteiger partial charge >= 0.3 is 0 Å².